The molecule has 1 aliphatic heterocycles. The lowest BCUT2D eigenvalue weighted by Gasteiger charge is -2.35. The summed E-state index contributed by atoms with van der Waals surface area (Å²) in [6.07, 6.45) is 9.61. The predicted molar refractivity (Wildman–Crippen MR) is 88.0 cm³/mol. The fourth-order valence-electron chi connectivity index (χ4n) is 3.52. The topological polar surface area (TPSA) is 42.4 Å². The van der Waals surface area contributed by atoms with Gasteiger partial charge in [0.25, 0.3) is 0 Å². The summed E-state index contributed by atoms with van der Waals surface area (Å²) in [6.45, 7) is 3.10. The van der Waals surface area contributed by atoms with Crippen LogP contribution in [0.4, 0.5) is 0 Å². The molecule has 1 aliphatic carbocycles. The van der Waals surface area contributed by atoms with Gasteiger partial charge in [-0.05, 0) is 39.0 Å². The van der Waals surface area contributed by atoms with Crippen molar-refractivity contribution in [3.05, 3.63) is 16.1 Å². The van der Waals surface area contributed by atoms with E-state index >= 15 is 0 Å². The Morgan fingerprint density at radius 3 is 2.77 bits per heavy atom. The summed E-state index contributed by atoms with van der Waals surface area (Å²) in [6, 6.07) is 0.162. The summed E-state index contributed by atoms with van der Waals surface area (Å²) in [4.78, 5) is 19.2. The number of thiazole rings is 1. The van der Waals surface area contributed by atoms with Gasteiger partial charge in [-0.1, -0.05) is 19.3 Å². The number of hydrogen-bond donors (Lipinski definition) is 0. The number of aryl methyl sites for hydroxylation is 1. The standard InChI is InChI=1S/C17H26N2O2S/c1-13-12-22-17(18-13)15-9-5-6-10-19(15)16(20)11-21-14-7-3-2-4-8-14/h12,14-15H,2-11H2,1H3/t15-/m0/s1. The van der Waals surface area contributed by atoms with Gasteiger partial charge in [-0.25, -0.2) is 4.98 Å². The van der Waals surface area contributed by atoms with Gasteiger partial charge < -0.3 is 9.64 Å². The molecule has 0 unspecified atom stereocenters. The molecule has 1 atom stereocenters. The van der Waals surface area contributed by atoms with Crippen LogP contribution in [0.1, 0.15) is 68.1 Å². The molecule has 0 N–H and O–H groups in total. The number of carbonyl (C=O) groups excluding carboxylic acids is 1. The van der Waals surface area contributed by atoms with Crippen LogP contribution in [-0.2, 0) is 9.53 Å². The van der Waals surface area contributed by atoms with Gasteiger partial charge in [0, 0.05) is 17.6 Å². The van der Waals surface area contributed by atoms with Crippen molar-refractivity contribution in [3.8, 4) is 0 Å². The number of ether oxygens (including phenoxy) is 1. The van der Waals surface area contributed by atoms with Gasteiger partial charge in [-0.15, -0.1) is 11.3 Å². The largest absolute Gasteiger partial charge is 0.368 e. The zero-order valence-corrected chi connectivity index (χ0v) is 14.2. The van der Waals surface area contributed by atoms with Gasteiger partial charge in [0.15, 0.2) is 0 Å². The molecule has 0 aromatic carbocycles. The van der Waals surface area contributed by atoms with Crippen LogP contribution in [0.25, 0.3) is 0 Å². The second-order valence-electron chi connectivity index (χ2n) is 6.50. The van der Waals surface area contributed by atoms with Gasteiger partial charge in [0.2, 0.25) is 5.91 Å². The Labute approximate surface area is 136 Å². The minimum atomic E-state index is 0.142. The number of rotatable bonds is 4. The molecule has 122 valence electrons. The van der Waals surface area contributed by atoms with Crippen molar-refractivity contribution in [1.29, 1.82) is 0 Å². The summed E-state index contributed by atoms with van der Waals surface area (Å²) >= 11 is 1.68. The van der Waals surface area contributed by atoms with Crippen LogP contribution in [0.2, 0.25) is 0 Å². The number of carbonyl (C=O) groups is 1. The molecule has 5 heteroatoms. The fourth-order valence-corrected chi connectivity index (χ4v) is 4.46. The van der Waals surface area contributed by atoms with Crippen LogP contribution in [0.5, 0.6) is 0 Å². The van der Waals surface area contributed by atoms with Gasteiger partial charge >= 0.3 is 0 Å². The molecule has 0 spiro atoms. The Balaban J connectivity index is 1.58. The quantitative estimate of drug-likeness (QED) is 0.845. The van der Waals surface area contributed by atoms with E-state index in [-0.39, 0.29) is 18.6 Å². The Morgan fingerprint density at radius 2 is 2.05 bits per heavy atom. The Kier molecular flexibility index (Phi) is 5.47. The molecular formula is C17H26N2O2S. The molecule has 0 radical (unpaired) electrons. The van der Waals surface area contributed by atoms with Crippen molar-refractivity contribution >= 4 is 17.2 Å². The summed E-state index contributed by atoms with van der Waals surface area (Å²) < 4.78 is 5.88. The van der Waals surface area contributed by atoms with E-state index in [1.54, 1.807) is 11.3 Å². The average Bonchev–Trinajstić information content (AvgIpc) is 3.00. The smallest absolute Gasteiger partial charge is 0.249 e. The highest BCUT2D eigenvalue weighted by molar-refractivity contribution is 7.09. The van der Waals surface area contributed by atoms with E-state index in [1.165, 1.54) is 25.7 Å². The van der Waals surface area contributed by atoms with Crippen LogP contribution in [0, 0.1) is 6.92 Å². The molecule has 2 fully saturated rings. The van der Waals surface area contributed by atoms with E-state index in [1.807, 2.05) is 11.8 Å². The highest BCUT2D eigenvalue weighted by atomic mass is 32.1. The van der Waals surface area contributed by atoms with Crippen LogP contribution in [-0.4, -0.2) is 35.0 Å². The van der Waals surface area contributed by atoms with E-state index in [9.17, 15) is 4.79 Å². The first-order chi connectivity index (χ1) is 10.7. The van der Waals surface area contributed by atoms with Crippen molar-refractivity contribution < 1.29 is 9.53 Å². The Bertz CT molecular complexity index is 497. The van der Waals surface area contributed by atoms with Crippen molar-refractivity contribution in [2.24, 2.45) is 0 Å². The van der Waals surface area contributed by atoms with Gasteiger partial charge in [-0.3, -0.25) is 4.79 Å². The predicted octanol–water partition coefficient (Wildman–Crippen LogP) is 3.85. The highest BCUT2D eigenvalue weighted by Crippen LogP contribution is 2.33. The normalized spacial score (nSPS) is 23.7. The van der Waals surface area contributed by atoms with E-state index < -0.39 is 0 Å². The molecule has 1 amide bonds. The SMILES string of the molecule is Cc1csc([C@@H]2CCCCN2C(=O)COC2CCCCC2)n1. The molecule has 1 saturated heterocycles. The van der Waals surface area contributed by atoms with E-state index in [2.05, 4.69) is 10.4 Å². The van der Waals surface area contributed by atoms with E-state index in [4.69, 9.17) is 4.74 Å². The highest BCUT2D eigenvalue weighted by Gasteiger charge is 2.30. The average molecular weight is 322 g/mol. The molecule has 3 rings (SSSR count). The van der Waals surface area contributed by atoms with Crippen LogP contribution in [0.15, 0.2) is 5.38 Å². The molecule has 1 aromatic rings. The van der Waals surface area contributed by atoms with Crippen LogP contribution in [0.3, 0.4) is 0 Å². The second kappa shape index (κ2) is 7.55. The van der Waals surface area contributed by atoms with Crippen LogP contribution >= 0.6 is 11.3 Å². The summed E-state index contributed by atoms with van der Waals surface area (Å²) in [5, 5.41) is 3.16. The van der Waals surface area contributed by atoms with Gasteiger partial charge in [-0.2, -0.15) is 0 Å². The lowest BCUT2D eigenvalue weighted by atomic mass is 9.98. The number of nitrogens with zero attached hydrogens (tertiary/aromatic N) is 2. The minimum absolute atomic E-state index is 0.142. The summed E-state index contributed by atoms with van der Waals surface area (Å²) in [5.74, 6) is 0.142. The Hall–Kier alpha value is -0.940. The monoisotopic (exact) mass is 322 g/mol. The summed E-state index contributed by atoms with van der Waals surface area (Å²) in [7, 11) is 0. The number of aromatic nitrogens is 1. The molecule has 1 saturated carbocycles. The van der Waals surface area contributed by atoms with Crippen molar-refractivity contribution in [2.75, 3.05) is 13.2 Å². The molecule has 0 bridgehead atoms. The fraction of sp³-hybridized carbons (Fsp3) is 0.765. The zero-order valence-electron chi connectivity index (χ0n) is 13.4. The first-order valence-corrected chi connectivity index (χ1v) is 9.45. The maximum absolute atomic E-state index is 12.6. The molecule has 2 aliphatic rings. The first-order valence-electron chi connectivity index (χ1n) is 8.57. The third-order valence-electron chi connectivity index (χ3n) is 4.74. The lowest BCUT2D eigenvalue weighted by molar-refractivity contribution is -0.142. The maximum Gasteiger partial charge on any atom is 0.249 e. The van der Waals surface area contributed by atoms with Crippen molar-refractivity contribution in [2.45, 2.75) is 70.4 Å². The lowest BCUT2D eigenvalue weighted by Crippen LogP contribution is -2.41. The zero-order chi connectivity index (χ0) is 15.4. The number of likely N-dealkylation sites (tertiary alicyclic amines) is 1. The second-order valence-corrected chi connectivity index (χ2v) is 7.39. The number of hydrogen-bond acceptors (Lipinski definition) is 4. The summed E-state index contributed by atoms with van der Waals surface area (Å²) in [5.41, 5.74) is 1.05. The Morgan fingerprint density at radius 1 is 1.27 bits per heavy atom. The molecular weight excluding hydrogens is 296 g/mol. The minimum Gasteiger partial charge on any atom is -0.368 e. The number of piperidine rings is 1. The van der Waals surface area contributed by atoms with Crippen molar-refractivity contribution in [3.63, 3.8) is 0 Å². The molecule has 4 nitrogen and oxygen atoms in total. The van der Waals surface area contributed by atoms with E-state index in [0.717, 1.165) is 42.9 Å². The third kappa shape index (κ3) is 3.87. The molecule has 2 heterocycles. The number of amides is 1. The first kappa shape index (κ1) is 15.9. The van der Waals surface area contributed by atoms with E-state index in [0.29, 0.717) is 6.10 Å². The van der Waals surface area contributed by atoms with Gasteiger partial charge in [0.05, 0.1) is 12.1 Å². The van der Waals surface area contributed by atoms with Crippen molar-refractivity contribution in [1.82, 2.24) is 9.88 Å². The maximum atomic E-state index is 12.6. The molecule has 22 heavy (non-hydrogen) atoms. The third-order valence-corrected chi connectivity index (χ3v) is 5.80. The van der Waals surface area contributed by atoms with Gasteiger partial charge in [0.1, 0.15) is 11.6 Å². The van der Waals surface area contributed by atoms with Crippen LogP contribution < -0.4 is 0 Å². The molecule has 1 aromatic heterocycles.